The third-order valence-electron chi connectivity index (χ3n) is 3.36. The van der Waals surface area contributed by atoms with E-state index in [1.54, 1.807) is 23.1 Å². The van der Waals surface area contributed by atoms with Crippen LogP contribution in [0.15, 0.2) is 18.2 Å². The molecule has 0 aliphatic carbocycles. The van der Waals surface area contributed by atoms with Crippen LogP contribution in [0.4, 0.5) is 5.69 Å². The summed E-state index contributed by atoms with van der Waals surface area (Å²) in [6.07, 6.45) is 0.930. The first-order valence-electron chi connectivity index (χ1n) is 6.43. The average molecular weight is 262 g/mol. The number of rotatable bonds is 3. The number of carbonyl (C=O) groups is 2. The van der Waals surface area contributed by atoms with Crippen LogP contribution in [0.3, 0.4) is 0 Å². The smallest absolute Gasteiger partial charge is 0.249 e. The van der Waals surface area contributed by atoms with Crippen LogP contribution in [0.25, 0.3) is 0 Å². The van der Waals surface area contributed by atoms with Gasteiger partial charge in [-0.25, -0.2) is 0 Å². The van der Waals surface area contributed by atoms with Crippen LogP contribution in [-0.2, 0) is 9.59 Å². The molecule has 102 valence electrons. The van der Waals surface area contributed by atoms with E-state index in [0.29, 0.717) is 25.1 Å². The Hall–Kier alpha value is -2.04. The van der Waals surface area contributed by atoms with Crippen LogP contribution in [0.1, 0.15) is 25.3 Å². The van der Waals surface area contributed by atoms with Gasteiger partial charge >= 0.3 is 0 Å². The van der Waals surface area contributed by atoms with E-state index in [9.17, 15) is 14.7 Å². The third-order valence-corrected chi connectivity index (χ3v) is 3.36. The van der Waals surface area contributed by atoms with Gasteiger partial charge in [0, 0.05) is 19.0 Å². The number of carbonyl (C=O) groups excluding carboxylic acids is 2. The Morgan fingerprint density at radius 2 is 2.26 bits per heavy atom. The minimum Gasteiger partial charge on any atom is -0.508 e. The highest BCUT2D eigenvalue weighted by Gasteiger charge is 2.31. The summed E-state index contributed by atoms with van der Waals surface area (Å²) in [6.45, 7) is 4.26. The van der Waals surface area contributed by atoms with Gasteiger partial charge in [0.05, 0.1) is 5.69 Å². The normalized spacial score (nSPS) is 18.2. The van der Waals surface area contributed by atoms with Crippen molar-refractivity contribution in [1.82, 2.24) is 5.32 Å². The molecule has 5 heteroatoms. The maximum absolute atomic E-state index is 12.4. The average Bonchev–Trinajstić information content (AvgIpc) is 2.81. The lowest BCUT2D eigenvalue weighted by Crippen LogP contribution is -2.44. The van der Waals surface area contributed by atoms with E-state index in [-0.39, 0.29) is 17.6 Å². The summed E-state index contributed by atoms with van der Waals surface area (Å²) in [5.74, 6) is -0.0774. The molecule has 0 bridgehead atoms. The number of phenols is 1. The van der Waals surface area contributed by atoms with Crippen molar-refractivity contribution < 1.29 is 14.7 Å². The van der Waals surface area contributed by atoms with Gasteiger partial charge < -0.3 is 15.3 Å². The summed E-state index contributed by atoms with van der Waals surface area (Å²) in [5, 5.41) is 12.2. The molecule has 1 aliphatic heterocycles. The lowest BCUT2D eigenvalue weighted by atomic mass is 10.1. The van der Waals surface area contributed by atoms with Crippen molar-refractivity contribution in [2.75, 3.05) is 11.4 Å². The first kappa shape index (κ1) is 13.4. The number of anilines is 1. The molecule has 0 spiro atoms. The highest BCUT2D eigenvalue weighted by atomic mass is 16.3. The van der Waals surface area contributed by atoms with Gasteiger partial charge in [0.2, 0.25) is 11.8 Å². The number of hydrogen-bond donors (Lipinski definition) is 2. The Balaban J connectivity index is 2.26. The molecule has 2 N–H and O–H groups in total. The van der Waals surface area contributed by atoms with Crippen LogP contribution in [0.5, 0.6) is 5.75 Å². The summed E-state index contributed by atoms with van der Waals surface area (Å²) in [4.78, 5) is 25.2. The van der Waals surface area contributed by atoms with Crippen molar-refractivity contribution in [2.24, 2.45) is 0 Å². The largest absolute Gasteiger partial charge is 0.508 e. The first-order valence-corrected chi connectivity index (χ1v) is 6.43. The summed E-state index contributed by atoms with van der Waals surface area (Å²) in [5.41, 5.74) is 1.60. The predicted octanol–water partition coefficient (Wildman–Crippen LogP) is 1.33. The molecule has 1 aromatic rings. The van der Waals surface area contributed by atoms with Gasteiger partial charge in [0.15, 0.2) is 0 Å². The van der Waals surface area contributed by atoms with Crippen LogP contribution >= 0.6 is 0 Å². The zero-order chi connectivity index (χ0) is 14.0. The Bertz CT molecular complexity index is 513. The molecule has 0 aromatic heterocycles. The predicted molar refractivity (Wildman–Crippen MR) is 72.0 cm³/mol. The van der Waals surface area contributed by atoms with Gasteiger partial charge in [-0.2, -0.15) is 0 Å². The lowest BCUT2D eigenvalue weighted by Gasteiger charge is -2.25. The van der Waals surface area contributed by atoms with Crippen LogP contribution in [0, 0.1) is 6.92 Å². The van der Waals surface area contributed by atoms with E-state index in [1.807, 2.05) is 13.8 Å². The zero-order valence-electron chi connectivity index (χ0n) is 11.1. The van der Waals surface area contributed by atoms with Gasteiger partial charge in [-0.1, -0.05) is 6.07 Å². The summed E-state index contributed by atoms with van der Waals surface area (Å²) in [6, 6.07) is 4.49. The van der Waals surface area contributed by atoms with Crippen molar-refractivity contribution in [3.63, 3.8) is 0 Å². The van der Waals surface area contributed by atoms with Gasteiger partial charge in [0.25, 0.3) is 0 Å². The molecule has 1 aromatic carbocycles. The van der Waals surface area contributed by atoms with Gasteiger partial charge in [0.1, 0.15) is 11.8 Å². The van der Waals surface area contributed by atoms with Gasteiger partial charge in [-0.3, -0.25) is 9.59 Å². The molecule has 0 saturated carbocycles. The fraction of sp³-hybridized carbons (Fsp3) is 0.429. The zero-order valence-corrected chi connectivity index (χ0v) is 11.1. The number of benzene rings is 1. The van der Waals surface area contributed by atoms with Crippen LogP contribution in [-0.4, -0.2) is 29.5 Å². The minimum absolute atomic E-state index is 0.0815. The Kier molecular flexibility index (Phi) is 3.74. The molecule has 5 nitrogen and oxygen atoms in total. The fourth-order valence-electron chi connectivity index (χ4n) is 2.32. The lowest BCUT2D eigenvalue weighted by molar-refractivity contribution is -0.124. The SMILES string of the molecule is CCN(C(=O)C1CCC(=O)N1)c1cc(O)ccc1C. The standard InChI is InChI=1S/C14H18N2O3/c1-3-16(12-8-10(17)5-4-9(12)2)14(19)11-6-7-13(18)15-11/h4-5,8,11,17H,3,6-7H2,1-2H3,(H,15,18). The number of hydrogen-bond acceptors (Lipinski definition) is 3. The van der Waals surface area contributed by atoms with E-state index < -0.39 is 6.04 Å². The van der Waals surface area contributed by atoms with E-state index in [0.717, 1.165) is 5.56 Å². The Morgan fingerprint density at radius 1 is 1.53 bits per heavy atom. The molecule has 1 saturated heterocycles. The quantitative estimate of drug-likeness (QED) is 0.863. The number of likely N-dealkylation sites (N-methyl/N-ethyl adjacent to an activating group) is 1. The maximum atomic E-state index is 12.4. The number of aryl methyl sites for hydroxylation is 1. The van der Waals surface area contributed by atoms with Gasteiger partial charge in [-0.05, 0) is 31.9 Å². The molecule has 1 fully saturated rings. The molecule has 2 rings (SSSR count). The second-order valence-electron chi connectivity index (χ2n) is 4.71. The first-order chi connectivity index (χ1) is 9.02. The van der Waals surface area contributed by atoms with Crippen molar-refractivity contribution in [3.05, 3.63) is 23.8 Å². The molecular weight excluding hydrogens is 244 g/mol. The summed E-state index contributed by atoms with van der Waals surface area (Å²) < 4.78 is 0. The fourth-order valence-corrected chi connectivity index (χ4v) is 2.32. The monoisotopic (exact) mass is 262 g/mol. The molecule has 0 radical (unpaired) electrons. The highest BCUT2D eigenvalue weighted by molar-refractivity contribution is 6.01. The maximum Gasteiger partial charge on any atom is 0.249 e. The number of amides is 2. The van der Waals surface area contributed by atoms with E-state index in [4.69, 9.17) is 0 Å². The highest BCUT2D eigenvalue weighted by Crippen LogP contribution is 2.26. The minimum atomic E-state index is -0.450. The second-order valence-corrected chi connectivity index (χ2v) is 4.71. The van der Waals surface area contributed by atoms with Crippen molar-refractivity contribution in [3.8, 4) is 5.75 Å². The van der Waals surface area contributed by atoms with Crippen molar-refractivity contribution >= 4 is 17.5 Å². The summed E-state index contributed by atoms with van der Waals surface area (Å²) in [7, 11) is 0. The van der Waals surface area contributed by atoms with Crippen LogP contribution in [0.2, 0.25) is 0 Å². The molecule has 19 heavy (non-hydrogen) atoms. The van der Waals surface area contributed by atoms with E-state index in [1.165, 1.54) is 0 Å². The molecular formula is C14H18N2O3. The Labute approximate surface area is 112 Å². The number of nitrogens with zero attached hydrogens (tertiary/aromatic N) is 1. The number of aromatic hydroxyl groups is 1. The van der Waals surface area contributed by atoms with E-state index >= 15 is 0 Å². The molecule has 1 heterocycles. The van der Waals surface area contributed by atoms with Gasteiger partial charge in [-0.15, -0.1) is 0 Å². The van der Waals surface area contributed by atoms with Crippen molar-refractivity contribution in [2.45, 2.75) is 32.7 Å². The molecule has 1 unspecified atom stereocenters. The molecule has 1 aliphatic rings. The molecule has 1 atom stereocenters. The second kappa shape index (κ2) is 5.30. The topological polar surface area (TPSA) is 69.6 Å². The third kappa shape index (κ3) is 2.70. The van der Waals surface area contributed by atoms with E-state index in [2.05, 4.69) is 5.32 Å². The Morgan fingerprint density at radius 3 is 2.84 bits per heavy atom. The van der Waals surface area contributed by atoms with Crippen molar-refractivity contribution in [1.29, 1.82) is 0 Å². The summed E-state index contributed by atoms with van der Waals surface area (Å²) >= 11 is 0. The number of phenolic OH excluding ortho intramolecular Hbond substituents is 1. The van der Waals surface area contributed by atoms with Crippen LogP contribution < -0.4 is 10.2 Å². The number of nitrogens with one attached hydrogen (secondary N) is 1. The molecule has 2 amide bonds.